The highest BCUT2D eigenvalue weighted by atomic mass is 32.2. The first-order chi connectivity index (χ1) is 10.2. The van der Waals surface area contributed by atoms with E-state index in [4.69, 9.17) is 4.74 Å². The van der Waals surface area contributed by atoms with Crippen LogP contribution in [0.1, 0.15) is 54.4 Å². The molecular formula is C15H26F2N2O3S. The van der Waals surface area contributed by atoms with E-state index in [9.17, 15) is 18.1 Å². The summed E-state index contributed by atoms with van der Waals surface area (Å²) in [6.45, 7) is 10.2. The Bertz CT molecular complexity index is 459. The second kappa shape index (κ2) is 6.93. The van der Waals surface area contributed by atoms with Crippen LogP contribution in [0, 0.1) is 0 Å². The van der Waals surface area contributed by atoms with Crippen LogP contribution in [0.5, 0.6) is 0 Å². The summed E-state index contributed by atoms with van der Waals surface area (Å²) in [5.74, 6) is -2.88. The zero-order valence-electron chi connectivity index (χ0n) is 14.6. The van der Waals surface area contributed by atoms with Gasteiger partial charge < -0.3 is 9.29 Å². The summed E-state index contributed by atoms with van der Waals surface area (Å²) in [5, 5.41) is 0. The van der Waals surface area contributed by atoms with Crippen LogP contribution in [0.15, 0.2) is 4.40 Å². The van der Waals surface area contributed by atoms with Crippen molar-refractivity contribution in [3.05, 3.63) is 0 Å². The molecule has 1 aliphatic rings. The molecule has 2 unspecified atom stereocenters. The fourth-order valence-corrected chi connectivity index (χ4v) is 2.50. The molecule has 0 spiro atoms. The molecule has 5 nitrogen and oxygen atoms in total. The van der Waals surface area contributed by atoms with Gasteiger partial charge in [-0.1, -0.05) is 4.40 Å². The number of rotatable bonds is 2. The fraction of sp³-hybridized carbons (Fsp3) is 0.867. The van der Waals surface area contributed by atoms with Crippen LogP contribution in [0.25, 0.3) is 0 Å². The van der Waals surface area contributed by atoms with Gasteiger partial charge in [-0.2, -0.15) is 0 Å². The van der Waals surface area contributed by atoms with Gasteiger partial charge in [0.2, 0.25) is 0 Å². The molecule has 0 aromatic carbocycles. The largest absolute Gasteiger partial charge is 0.591 e. The van der Waals surface area contributed by atoms with Gasteiger partial charge in [0.1, 0.15) is 21.7 Å². The van der Waals surface area contributed by atoms with E-state index in [-0.39, 0.29) is 6.54 Å². The van der Waals surface area contributed by atoms with Crippen molar-refractivity contribution in [1.82, 2.24) is 4.90 Å². The Hall–Kier alpha value is -0.890. The SMILES string of the molecule is CC(C)(C)OC(=O)N1CCC(F)(F)CC1C=N[S+]([O-])C(C)(C)C. The van der Waals surface area contributed by atoms with Gasteiger partial charge in [-0.15, -0.1) is 0 Å². The van der Waals surface area contributed by atoms with Gasteiger partial charge in [-0.25, -0.2) is 13.6 Å². The lowest BCUT2D eigenvalue weighted by molar-refractivity contribution is -0.0676. The zero-order valence-corrected chi connectivity index (χ0v) is 15.4. The Morgan fingerprint density at radius 1 is 1.35 bits per heavy atom. The maximum atomic E-state index is 13.7. The second-order valence-electron chi connectivity index (χ2n) is 7.67. The summed E-state index contributed by atoms with van der Waals surface area (Å²) >= 11 is -1.57. The van der Waals surface area contributed by atoms with Crippen molar-refractivity contribution in [2.45, 2.75) is 76.7 Å². The van der Waals surface area contributed by atoms with Crippen LogP contribution in [0.3, 0.4) is 0 Å². The number of ether oxygens (including phenoxy) is 1. The van der Waals surface area contributed by atoms with E-state index in [0.717, 1.165) is 0 Å². The molecule has 1 heterocycles. The van der Waals surface area contributed by atoms with Crippen molar-refractivity contribution in [1.29, 1.82) is 0 Å². The maximum Gasteiger partial charge on any atom is 0.410 e. The van der Waals surface area contributed by atoms with Gasteiger partial charge >= 0.3 is 6.09 Å². The van der Waals surface area contributed by atoms with Gasteiger partial charge in [0.15, 0.2) is 0 Å². The summed E-state index contributed by atoms with van der Waals surface area (Å²) in [6.07, 6.45) is -0.431. The molecule has 0 radical (unpaired) electrons. The highest BCUT2D eigenvalue weighted by molar-refractivity contribution is 7.91. The van der Waals surface area contributed by atoms with Crippen LogP contribution in [-0.4, -0.2) is 50.6 Å². The molecule has 0 N–H and O–H groups in total. The molecular weight excluding hydrogens is 326 g/mol. The molecule has 8 heteroatoms. The van der Waals surface area contributed by atoms with Crippen LogP contribution < -0.4 is 0 Å². The third-order valence-electron chi connectivity index (χ3n) is 3.11. The minimum Gasteiger partial charge on any atom is -0.591 e. The lowest BCUT2D eigenvalue weighted by Crippen LogP contribution is -2.52. The van der Waals surface area contributed by atoms with Crippen LogP contribution in [-0.2, 0) is 16.1 Å². The average molecular weight is 352 g/mol. The van der Waals surface area contributed by atoms with Gasteiger partial charge in [-0.3, -0.25) is 4.90 Å². The van der Waals surface area contributed by atoms with Gasteiger partial charge in [-0.05, 0) is 41.5 Å². The fourth-order valence-electron chi connectivity index (χ4n) is 1.93. The molecule has 1 saturated heterocycles. The lowest BCUT2D eigenvalue weighted by Gasteiger charge is -2.37. The average Bonchev–Trinajstić information content (AvgIpc) is 2.31. The first kappa shape index (κ1) is 20.2. The topological polar surface area (TPSA) is 65.0 Å². The van der Waals surface area contributed by atoms with Crippen molar-refractivity contribution >= 4 is 23.7 Å². The molecule has 1 rings (SSSR count). The molecule has 1 amide bonds. The van der Waals surface area contributed by atoms with Gasteiger partial charge in [0, 0.05) is 19.4 Å². The number of hydrogen-bond donors (Lipinski definition) is 0. The Kier molecular flexibility index (Phi) is 6.07. The highest BCUT2D eigenvalue weighted by Gasteiger charge is 2.43. The lowest BCUT2D eigenvalue weighted by atomic mass is 10.00. The van der Waals surface area contributed by atoms with E-state index < -0.39 is 52.6 Å². The smallest absolute Gasteiger partial charge is 0.410 e. The van der Waals surface area contributed by atoms with Crippen molar-refractivity contribution in [2.75, 3.05) is 6.54 Å². The van der Waals surface area contributed by atoms with E-state index in [1.807, 2.05) is 0 Å². The van der Waals surface area contributed by atoms with Crippen molar-refractivity contribution in [3.8, 4) is 0 Å². The number of carbonyl (C=O) groups excluding carboxylic acids is 1. The third-order valence-corrected chi connectivity index (χ3v) is 4.47. The summed E-state index contributed by atoms with van der Waals surface area (Å²) in [5.41, 5.74) is -0.715. The number of nitrogens with zero attached hydrogens (tertiary/aromatic N) is 2. The number of carbonyl (C=O) groups is 1. The number of piperidine rings is 1. The van der Waals surface area contributed by atoms with Gasteiger partial charge in [0.25, 0.3) is 5.92 Å². The van der Waals surface area contributed by atoms with E-state index >= 15 is 0 Å². The molecule has 1 fully saturated rings. The highest BCUT2D eigenvalue weighted by Crippen LogP contribution is 2.32. The Morgan fingerprint density at radius 2 is 1.91 bits per heavy atom. The van der Waals surface area contributed by atoms with Crippen molar-refractivity contribution < 1.29 is 22.9 Å². The molecule has 0 bridgehead atoms. The minimum atomic E-state index is -2.88. The Morgan fingerprint density at radius 3 is 2.39 bits per heavy atom. The van der Waals surface area contributed by atoms with Crippen molar-refractivity contribution in [3.63, 3.8) is 0 Å². The predicted octanol–water partition coefficient (Wildman–Crippen LogP) is 3.55. The minimum absolute atomic E-state index is 0.124. The van der Waals surface area contributed by atoms with E-state index in [1.54, 1.807) is 41.5 Å². The zero-order chi connectivity index (χ0) is 18.1. The number of amides is 1. The maximum absolute atomic E-state index is 13.7. The first-order valence-electron chi connectivity index (χ1n) is 7.55. The monoisotopic (exact) mass is 352 g/mol. The first-order valence-corrected chi connectivity index (χ1v) is 8.66. The van der Waals surface area contributed by atoms with E-state index in [2.05, 4.69) is 4.40 Å². The normalized spacial score (nSPS) is 23.9. The second-order valence-corrected chi connectivity index (χ2v) is 9.60. The van der Waals surface area contributed by atoms with Crippen LogP contribution in [0.4, 0.5) is 13.6 Å². The van der Waals surface area contributed by atoms with Crippen molar-refractivity contribution in [2.24, 2.45) is 4.40 Å². The van der Waals surface area contributed by atoms with Gasteiger partial charge in [0.05, 0.1) is 12.3 Å². The van der Waals surface area contributed by atoms with E-state index in [1.165, 1.54) is 11.1 Å². The summed E-state index contributed by atoms with van der Waals surface area (Å²) < 4.78 is 47.8. The van der Waals surface area contributed by atoms with Crippen LogP contribution >= 0.6 is 0 Å². The molecule has 134 valence electrons. The Balaban J connectivity index is 2.91. The molecule has 0 aromatic rings. The summed E-state index contributed by atoms with van der Waals surface area (Å²) in [4.78, 5) is 13.4. The summed E-state index contributed by atoms with van der Waals surface area (Å²) in [6, 6.07) is -0.931. The standard InChI is InChI=1S/C15H26F2N2O3S/c1-13(2,3)22-12(20)19-8-7-15(16,17)9-11(19)10-18-23(21)14(4,5)6/h10-11H,7-9H2,1-6H3. The molecule has 1 aliphatic heterocycles. The summed E-state index contributed by atoms with van der Waals surface area (Å²) in [7, 11) is 0. The molecule has 23 heavy (non-hydrogen) atoms. The number of hydrogen-bond acceptors (Lipinski definition) is 4. The van der Waals surface area contributed by atoms with E-state index in [0.29, 0.717) is 0 Å². The predicted molar refractivity (Wildman–Crippen MR) is 87.3 cm³/mol. The molecule has 0 aliphatic carbocycles. The number of halogens is 2. The van der Waals surface area contributed by atoms with Crippen LogP contribution in [0.2, 0.25) is 0 Å². The third kappa shape index (κ3) is 6.63. The quantitative estimate of drug-likeness (QED) is 0.564. The molecule has 2 atom stereocenters. The number of alkyl halides is 2. The number of likely N-dealkylation sites (tertiary alicyclic amines) is 1. The molecule has 0 saturated carbocycles. The molecule has 0 aromatic heterocycles. The Labute approximate surface area is 139 Å².